The minimum Gasteiger partial charge on any atom is -0.481 e. The Bertz CT molecular complexity index is 1120. The SMILES string of the molecule is CC(=O)O.Cc1ccc(/C=c2\sc3nc(-c4ccco4)nn3c2=O)o1. The molecular formula is C16H13N3O5S. The largest absolute Gasteiger partial charge is 0.481 e. The number of carbonyl (C=O) groups is 1. The standard InChI is InChI=1S/C14H9N3O3S.C2H4O2/c1-8-4-5-9(20-8)7-11-13(18)17-14(21-11)15-12(16-17)10-3-2-6-19-10;1-2(3)4/h2-7H,1H3;1H3,(H,3,4)/b11-7-;. The molecule has 25 heavy (non-hydrogen) atoms. The van der Waals surface area contributed by atoms with Crippen LogP contribution in [0.4, 0.5) is 0 Å². The van der Waals surface area contributed by atoms with Gasteiger partial charge in [0, 0.05) is 13.0 Å². The molecule has 0 aliphatic rings. The number of carboxylic acid groups (broad SMARTS) is 1. The molecule has 4 aromatic heterocycles. The van der Waals surface area contributed by atoms with Gasteiger partial charge in [-0.1, -0.05) is 11.3 Å². The lowest BCUT2D eigenvalue weighted by molar-refractivity contribution is -0.134. The summed E-state index contributed by atoms with van der Waals surface area (Å²) in [5.74, 6) is 1.55. The van der Waals surface area contributed by atoms with Gasteiger partial charge in [-0.05, 0) is 31.2 Å². The summed E-state index contributed by atoms with van der Waals surface area (Å²) in [5, 5.41) is 11.6. The number of aryl methyl sites for hydroxylation is 1. The maximum Gasteiger partial charge on any atom is 0.300 e. The highest BCUT2D eigenvalue weighted by molar-refractivity contribution is 7.15. The van der Waals surface area contributed by atoms with Crippen molar-refractivity contribution in [3.8, 4) is 11.6 Å². The molecule has 128 valence electrons. The van der Waals surface area contributed by atoms with Gasteiger partial charge in [0.05, 0.1) is 6.26 Å². The zero-order valence-corrected chi connectivity index (χ0v) is 14.1. The first-order chi connectivity index (χ1) is 11.9. The van der Waals surface area contributed by atoms with E-state index in [1.165, 1.54) is 15.9 Å². The second-order valence-corrected chi connectivity index (χ2v) is 6.00. The summed E-state index contributed by atoms with van der Waals surface area (Å²) < 4.78 is 12.5. The van der Waals surface area contributed by atoms with Crippen LogP contribution in [0.25, 0.3) is 22.6 Å². The lowest BCUT2D eigenvalue weighted by atomic mass is 10.4. The molecular weight excluding hydrogens is 346 g/mol. The van der Waals surface area contributed by atoms with Crippen LogP contribution in [0.3, 0.4) is 0 Å². The molecule has 8 nitrogen and oxygen atoms in total. The van der Waals surface area contributed by atoms with E-state index in [0.717, 1.165) is 12.7 Å². The van der Waals surface area contributed by atoms with E-state index in [-0.39, 0.29) is 5.56 Å². The van der Waals surface area contributed by atoms with Gasteiger partial charge in [-0.2, -0.15) is 9.50 Å². The number of furan rings is 2. The smallest absolute Gasteiger partial charge is 0.300 e. The average molecular weight is 359 g/mol. The Kier molecular flexibility index (Phi) is 4.48. The molecule has 0 aromatic carbocycles. The summed E-state index contributed by atoms with van der Waals surface area (Å²) in [7, 11) is 0. The van der Waals surface area contributed by atoms with Crippen molar-refractivity contribution in [1.82, 2.24) is 14.6 Å². The topological polar surface area (TPSA) is 111 Å². The van der Waals surface area contributed by atoms with Gasteiger partial charge < -0.3 is 13.9 Å². The number of aromatic nitrogens is 3. The second kappa shape index (κ2) is 6.73. The van der Waals surface area contributed by atoms with Crippen LogP contribution in [0.5, 0.6) is 0 Å². The van der Waals surface area contributed by atoms with E-state index in [1.807, 2.05) is 19.1 Å². The Morgan fingerprint density at radius 1 is 1.36 bits per heavy atom. The molecule has 0 aliphatic carbocycles. The molecule has 0 saturated carbocycles. The summed E-state index contributed by atoms with van der Waals surface area (Å²) in [6.07, 6.45) is 3.24. The van der Waals surface area contributed by atoms with E-state index in [0.29, 0.717) is 26.8 Å². The van der Waals surface area contributed by atoms with Crippen LogP contribution in [0.1, 0.15) is 18.4 Å². The van der Waals surface area contributed by atoms with Gasteiger partial charge in [0.15, 0.2) is 5.76 Å². The van der Waals surface area contributed by atoms with Crippen molar-refractivity contribution in [2.45, 2.75) is 13.8 Å². The zero-order chi connectivity index (χ0) is 18.0. The molecule has 0 aliphatic heterocycles. The monoisotopic (exact) mass is 359 g/mol. The summed E-state index contributed by atoms with van der Waals surface area (Å²) in [4.78, 5) is 26.1. The molecule has 0 amide bonds. The predicted molar refractivity (Wildman–Crippen MR) is 90.4 cm³/mol. The Morgan fingerprint density at radius 3 is 2.68 bits per heavy atom. The molecule has 1 N–H and O–H groups in total. The highest BCUT2D eigenvalue weighted by Crippen LogP contribution is 2.16. The lowest BCUT2D eigenvalue weighted by Gasteiger charge is -1.84. The highest BCUT2D eigenvalue weighted by atomic mass is 32.1. The van der Waals surface area contributed by atoms with Gasteiger partial charge in [0.2, 0.25) is 10.8 Å². The molecule has 4 heterocycles. The molecule has 0 unspecified atom stereocenters. The number of nitrogens with zero attached hydrogens (tertiary/aromatic N) is 3. The average Bonchev–Trinajstić information content (AvgIpc) is 3.27. The number of hydrogen-bond acceptors (Lipinski definition) is 7. The molecule has 0 radical (unpaired) electrons. The predicted octanol–water partition coefficient (Wildman–Crippen LogP) is 1.95. The minimum absolute atomic E-state index is 0.214. The van der Waals surface area contributed by atoms with Crippen molar-refractivity contribution in [3.05, 3.63) is 56.9 Å². The Hall–Kier alpha value is -3.20. The van der Waals surface area contributed by atoms with Crippen molar-refractivity contribution in [2.75, 3.05) is 0 Å². The quantitative estimate of drug-likeness (QED) is 0.582. The van der Waals surface area contributed by atoms with Crippen LogP contribution in [-0.4, -0.2) is 25.7 Å². The van der Waals surface area contributed by atoms with Gasteiger partial charge in [0.25, 0.3) is 11.5 Å². The number of carboxylic acids is 1. The molecule has 0 spiro atoms. The third kappa shape index (κ3) is 3.66. The summed E-state index contributed by atoms with van der Waals surface area (Å²) in [6.45, 7) is 2.94. The first-order valence-corrected chi connectivity index (χ1v) is 7.97. The molecule has 0 fully saturated rings. The number of thiazole rings is 1. The van der Waals surface area contributed by atoms with E-state index in [2.05, 4.69) is 10.1 Å². The highest BCUT2D eigenvalue weighted by Gasteiger charge is 2.13. The van der Waals surface area contributed by atoms with Crippen molar-refractivity contribution in [3.63, 3.8) is 0 Å². The molecule has 9 heteroatoms. The van der Waals surface area contributed by atoms with Crippen LogP contribution in [-0.2, 0) is 4.79 Å². The van der Waals surface area contributed by atoms with E-state index >= 15 is 0 Å². The summed E-state index contributed by atoms with van der Waals surface area (Å²) >= 11 is 1.27. The van der Waals surface area contributed by atoms with Gasteiger partial charge in [-0.15, -0.1) is 5.10 Å². The molecule has 4 aromatic rings. The summed E-state index contributed by atoms with van der Waals surface area (Å²) in [6, 6.07) is 7.17. The molecule has 4 rings (SSSR count). The van der Waals surface area contributed by atoms with E-state index in [9.17, 15) is 4.79 Å². The van der Waals surface area contributed by atoms with Crippen molar-refractivity contribution in [1.29, 1.82) is 0 Å². The van der Waals surface area contributed by atoms with Gasteiger partial charge in [-0.3, -0.25) is 9.59 Å². The third-order valence-corrected chi connectivity index (χ3v) is 3.92. The number of rotatable bonds is 2. The van der Waals surface area contributed by atoms with E-state index in [4.69, 9.17) is 18.7 Å². The van der Waals surface area contributed by atoms with Crippen LogP contribution >= 0.6 is 11.3 Å². The fourth-order valence-electron chi connectivity index (χ4n) is 2.00. The molecule has 0 saturated heterocycles. The van der Waals surface area contributed by atoms with E-state index < -0.39 is 5.97 Å². The van der Waals surface area contributed by atoms with Crippen molar-refractivity contribution in [2.24, 2.45) is 0 Å². The van der Waals surface area contributed by atoms with Crippen LogP contribution in [0, 0.1) is 6.92 Å². The lowest BCUT2D eigenvalue weighted by Crippen LogP contribution is -2.23. The molecule has 0 bridgehead atoms. The first-order valence-electron chi connectivity index (χ1n) is 7.15. The maximum absolute atomic E-state index is 12.3. The van der Waals surface area contributed by atoms with Crippen molar-refractivity contribution < 1.29 is 18.7 Å². The number of hydrogen-bond donors (Lipinski definition) is 1. The Morgan fingerprint density at radius 2 is 2.12 bits per heavy atom. The Labute approximate surface area is 144 Å². The second-order valence-electron chi connectivity index (χ2n) is 4.99. The van der Waals surface area contributed by atoms with Crippen molar-refractivity contribution >= 4 is 28.3 Å². The Balaban J connectivity index is 0.000000415. The minimum atomic E-state index is -0.833. The normalized spacial score (nSPS) is 11.5. The van der Waals surface area contributed by atoms with Gasteiger partial charge in [-0.25, -0.2) is 0 Å². The third-order valence-electron chi connectivity index (χ3n) is 2.96. The van der Waals surface area contributed by atoms with Crippen LogP contribution in [0.15, 0.2) is 44.2 Å². The van der Waals surface area contributed by atoms with Gasteiger partial charge in [0.1, 0.15) is 16.1 Å². The number of aliphatic carboxylic acids is 1. The fourth-order valence-corrected chi connectivity index (χ4v) is 2.89. The summed E-state index contributed by atoms with van der Waals surface area (Å²) in [5.41, 5.74) is -0.214. The van der Waals surface area contributed by atoms with Crippen LogP contribution in [0.2, 0.25) is 0 Å². The fraction of sp³-hybridized carbons (Fsp3) is 0.125. The maximum atomic E-state index is 12.3. The van der Waals surface area contributed by atoms with Gasteiger partial charge >= 0.3 is 0 Å². The van der Waals surface area contributed by atoms with Crippen LogP contribution < -0.4 is 10.1 Å². The first kappa shape index (κ1) is 16.7. The number of fused-ring (bicyclic) bond motifs is 1. The molecule has 0 atom stereocenters. The van der Waals surface area contributed by atoms with E-state index in [1.54, 1.807) is 24.5 Å². The zero-order valence-electron chi connectivity index (χ0n) is 13.3.